The summed E-state index contributed by atoms with van der Waals surface area (Å²) in [6.45, 7) is 4.17. The molecule has 11 heteroatoms. The van der Waals surface area contributed by atoms with E-state index in [0.717, 1.165) is 24.2 Å². The van der Waals surface area contributed by atoms with Crippen molar-refractivity contribution in [2.45, 2.75) is 26.2 Å². The topological polar surface area (TPSA) is 122 Å². The molecule has 6 rings (SSSR count). The number of aryl methyl sites for hydroxylation is 2. The number of fused-ring (bicyclic) bond motifs is 1. The van der Waals surface area contributed by atoms with Gasteiger partial charge in [-0.2, -0.15) is 5.10 Å². The average molecular weight is 486 g/mol. The molecule has 1 spiro atoms. The Bertz CT molecular complexity index is 1480. The summed E-state index contributed by atoms with van der Waals surface area (Å²) in [5.41, 5.74) is 4.78. The molecule has 4 aromatic rings. The molecule has 184 valence electrons. The van der Waals surface area contributed by atoms with Crippen LogP contribution in [0.15, 0.2) is 43.0 Å². The van der Waals surface area contributed by atoms with Crippen molar-refractivity contribution in [3.63, 3.8) is 0 Å². The first-order valence-electron chi connectivity index (χ1n) is 12.0. The molecule has 0 radical (unpaired) electrons. The molecule has 4 aromatic heterocycles. The lowest BCUT2D eigenvalue weighted by Gasteiger charge is -2.55. The van der Waals surface area contributed by atoms with Gasteiger partial charge < -0.3 is 10.6 Å². The van der Waals surface area contributed by atoms with Gasteiger partial charge in [0.2, 0.25) is 5.91 Å². The van der Waals surface area contributed by atoms with Crippen LogP contribution in [-0.4, -0.2) is 65.9 Å². The maximum absolute atomic E-state index is 13.1. The minimum Gasteiger partial charge on any atom is -0.324 e. The zero-order chi connectivity index (χ0) is 24.9. The fourth-order valence-electron chi connectivity index (χ4n) is 5.12. The van der Waals surface area contributed by atoms with Crippen LogP contribution < -0.4 is 10.6 Å². The zero-order valence-corrected chi connectivity index (χ0v) is 20.2. The van der Waals surface area contributed by atoms with E-state index in [1.165, 1.54) is 19.3 Å². The van der Waals surface area contributed by atoms with E-state index in [9.17, 15) is 9.59 Å². The predicted octanol–water partition coefficient (Wildman–Crippen LogP) is 2.51. The molecule has 36 heavy (non-hydrogen) atoms. The highest BCUT2D eigenvalue weighted by Crippen LogP contribution is 2.47. The molecule has 1 saturated heterocycles. The lowest BCUT2D eigenvalue weighted by molar-refractivity contribution is -0.123. The van der Waals surface area contributed by atoms with Gasteiger partial charge in [-0.15, -0.1) is 5.10 Å². The van der Waals surface area contributed by atoms with Crippen LogP contribution in [0.4, 0.5) is 11.4 Å². The van der Waals surface area contributed by atoms with E-state index < -0.39 is 5.91 Å². The van der Waals surface area contributed by atoms with Gasteiger partial charge in [-0.3, -0.25) is 24.2 Å². The smallest absolute Gasteiger partial charge is 0.278 e. The number of hydrogen-bond donors (Lipinski definition) is 2. The number of aromatic nitrogens is 6. The van der Waals surface area contributed by atoms with Gasteiger partial charge in [0.05, 0.1) is 41.5 Å². The van der Waals surface area contributed by atoms with Gasteiger partial charge >= 0.3 is 0 Å². The van der Waals surface area contributed by atoms with Gasteiger partial charge in [-0.25, -0.2) is 4.52 Å². The molecule has 2 amide bonds. The molecular formula is C25H27N9O2. The Hall–Kier alpha value is -4.12. The Labute approximate surface area is 207 Å². The van der Waals surface area contributed by atoms with E-state index in [1.54, 1.807) is 34.6 Å². The zero-order valence-electron chi connectivity index (χ0n) is 20.2. The molecule has 5 heterocycles. The van der Waals surface area contributed by atoms with Crippen LogP contribution in [0.5, 0.6) is 0 Å². The summed E-state index contributed by atoms with van der Waals surface area (Å²) in [6.07, 6.45) is 10.9. The Morgan fingerprint density at radius 2 is 1.92 bits per heavy atom. The summed E-state index contributed by atoms with van der Waals surface area (Å²) in [5.74, 6) is -0.486. The van der Waals surface area contributed by atoms with Gasteiger partial charge in [-0.1, -0.05) is 17.7 Å². The van der Waals surface area contributed by atoms with Crippen LogP contribution in [0.3, 0.4) is 0 Å². The van der Waals surface area contributed by atoms with Crippen LogP contribution >= 0.6 is 0 Å². The summed E-state index contributed by atoms with van der Waals surface area (Å²) in [7, 11) is 1.85. The number of amides is 2. The Balaban J connectivity index is 1.13. The van der Waals surface area contributed by atoms with E-state index in [-0.39, 0.29) is 11.6 Å². The van der Waals surface area contributed by atoms with Gasteiger partial charge in [0.1, 0.15) is 0 Å². The van der Waals surface area contributed by atoms with E-state index in [0.29, 0.717) is 34.5 Å². The highest BCUT2D eigenvalue weighted by atomic mass is 16.2. The number of pyridine rings is 2. The number of likely N-dealkylation sites (tertiary alicyclic amines) is 1. The second kappa shape index (κ2) is 8.52. The monoisotopic (exact) mass is 485 g/mol. The number of carbonyl (C=O) groups excluding carboxylic acids is 2. The van der Waals surface area contributed by atoms with Crippen molar-refractivity contribution in [1.29, 1.82) is 0 Å². The molecule has 0 aromatic carbocycles. The van der Waals surface area contributed by atoms with E-state index >= 15 is 0 Å². The maximum atomic E-state index is 13.1. The van der Waals surface area contributed by atoms with Crippen molar-refractivity contribution in [2.24, 2.45) is 12.5 Å². The highest BCUT2D eigenvalue weighted by Gasteiger charge is 2.47. The van der Waals surface area contributed by atoms with Crippen molar-refractivity contribution in [2.75, 3.05) is 30.3 Å². The molecule has 1 saturated carbocycles. The summed E-state index contributed by atoms with van der Waals surface area (Å²) >= 11 is 0. The number of hydrogen-bond acceptors (Lipinski definition) is 7. The molecule has 2 N–H and O–H groups in total. The SMILES string of the molecule is Cc1ncc(NC(=O)CN2CC3(CCC3)C2)cc1NC(=O)c1nnn2cc(-c3cnn(C)c3)ccc12. The fraction of sp³-hybridized carbons (Fsp3) is 0.360. The molecular weight excluding hydrogens is 458 g/mol. The Kier molecular flexibility index (Phi) is 5.29. The van der Waals surface area contributed by atoms with Crippen molar-refractivity contribution < 1.29 is 9.59 Å². The number of carbonyl (C=O) groups is 2. The number of anilines is 2. The van der Waals surface area contributed by atoms with Gasteiger partial charge in [0.15, 0.2) is 5.69 Å². The molecule has 2 fully saturated rings. The van der Waals surface area contributed by atoms with Crippen molar-refractivity contribution in [3.05, 3.63) is 54.4 Å². The third-order valence-electron chi connectivity index (χ3n) is 7.18. The van der Waals surface area contributed by atoms with Gasteiger partial charge in [-0.05, 0) is 37.3 Å². The first-order chi connectivity index (χ1) is 17.4. The molecule has 2 aliphatic rings. The van der Waals surface area contributed by atoms with Crippen molar-refractivity contribution >= 4 is 28.7 Å². The minimum atomic E-state index is -0.404. The van der Waals surface area contributed by atoms with Crippen LogP contribution in [0.1, 0.15) is 35.4 Å². The summed E-state index contributed by atoms with van der Waals surface area (Å²) < 4.78 is 3.30. The Morgan fingerprint density at radius 1 is 1.08 bits per heavy atom. The van der Waals surface area contributed by atoms with Gasteiger partial charge in [0, 0.05) is 43.7 Å². The summed E-state index contributed by atoms with van der Waals surface area (Å²) in [6, 6.07) is 5.43. The average Bonchev–Trinajstić information content (AvgIpc) is 3.42. The number of nitrogens with one attached hydrogen (secondary N) is 2. The molecule has 1 aliphatic carbocycles. The van der Waals surface area contributed by atoms with Crippen molar-refractivity contribution in [3.8, 4) is 11.1 Å². The lowest BCUT2D eigenvalue weighted by atomic mass is 9.63. The van der Waals surface area contributed by atoms with Crippen LogP contribution in [-0.2, 0) is 11.8 Å². The predicted molar refractivity (Wildman–Crippen MR) is 133 cm³/mol. The van der Waals surface area contributed by atoms with E-state index in [1.807, 2.05) is 31.6 Å². The van der Waals surface area contributed by atoms with E-state index in [4.69, 9.17) is 0 Å². The van der Waals surface area contributed by atoms with Crippen molar-refractivity contribution in [1.82, 2.24) is 34.5 Å². The highest BCUT2D eigenvalue weighted by molar-refractivity contribution is 6.08. The van der Waals surface area contributed by atoms with Crippen LogP contribution in [0.25, 0.3) is 16.6 Å². The first-order valence-corrected chi connectivity index (χ1v) is 12.0. The van der Waals surface area contributed by atoms with Crippen LogP contribution in [0.2, 0.25) is 0 Å². The third-order valence-corrected chi connectivity index (χ3v) is 7.18. The van der Waals surface area contributed by atoms with Gasteiger partial charge in [0.25, 0.3) is 5.91 Å². The summed E-state index contributed by atoms with van der Waals surface area (Å²) in [4.78, 5) is 32.1. The minimum absolute atomic E-state index is 0.0826. The molecule has 1 aliphatic heterocycles. The number of rotatable bonds is 6. The van der Waals surface area contributed by atoms with Crippen LogP contribution in [0, 0.1) is 12.3 Å². The largest absolute Gasteiger partial charge is 0.324 e. The third kappa shape index (κ3) is 4.11. The normalized spacial score (nSPS) is 16.5. The molecule has 0 atom stereocenters. The molecule has 0 bridgehead atoms. The maximum Gasteiger partial charge on any atom is 0.278 e. The Morgan fingerprint density at radius 3 is 2.64 bits per heavy atom. The standard InChI is InChI=1S/C25H27N9O2/c1-16-20(8-19(10-26-16)28-22(35)13-33-14-25(15-33)6-3-7-25)29-24(36)23-21-5-4-17(12-34(21)31-30-23)18-9-27-32(2)11-18/h4-5,8-12H,3,6-7,13-15H2,1-2H3,(H,28,35)(H,29,36). The summed E-state index contributed by atoms with van der Waals surface area (Å²) in [5, 5.41) is 18.2. The second-order valence-corrected chi connectivity index (χ2v) is 9.95. The molecule has 11 nitrogen and oxygen atoms in total. The lowest BCUT2D eigenvalue weighted by Crippen LogP contribution is -2.60. The first kappa shape index (κ1) is 22.4. The number of nitrogens with zero attached hydrogens (tertiary/aromatic N) is 7. The van der Waals surface area contributed by atoms with E-state index in [2.05, 4.69) is 35.9 Å². The fourth-order valence-corrected chi connectivity index (χ4v) is 5.12. The molecule has 0 unspecified atom stereocenters. The quantitative estimate of drug-likeness (QED) is 0.430. The second-order valence-electron chi connectivity index (χ2n) is 9.95.